The third-order valence-corrected chi connectivity index (χ3v) is 4.28. The Hall–Kier alpha value is -1.02. The Labute approximate surface area is 97.4 Å². The van der Waals surface area contributed by atoms with E-state index in [0.29, 0.717) is 5.41 Å². The van der Waals surface area contributed by atoms with Crippen LogP contribution in [0.1, 0.15) is 31.4 Å². The molecule has 1 saturated carbocycles. The van der Waals surface area contributed by atoms with Gasteiger partial charge in [-0.1, -0.05) is 26.0 Å². The van der Waals surface area contributed by atoms with Gasteiger partial charge in [-0.2, -0.15) is 0 Å². The van der Waals surface area contributed by atoms with Gasteiger partial charge < -0.3 is 5.73 Å². The zero-order valence-corrected chi connectivity index (χ0v) is 10.2. The van der Waals surface area contributed by atoms with E-state index in [1.165, 1.54) is 24.1 Å². The van der Waals surface area contributed by atoms with Crippen LogP contribution >= 0.6 is 0 Å². The minimum Gasteiger partial charge on any atom is -0.398 e. The first kappa shape index (κ1) is 10.2. The van der Waals surface area contributed by atoms with Crippen LogP contribution in [0.3, 0.4) is 0 Å². The van der Waals surface area contributed by atoms with Gasteiger partial charge in [-0.25, -0.2) is 0 Å². The fourth-order valence-electron chi connectivity index (χ4n) is 2.84. The number of hydrogen-bond acceptors (Lipinski definition) is 2. The van der Waals surface area contributed by atoms with Crippen molar-refractivity contribution in [3.63, 3.8) is 0 Å². The van der Waals surface area contributed by atoms with E-state index in [0.717, 1.165) is 24.7 Å². The van der Waals surface area contributed by atoms with Crippen LogP contribution in [0.2, 0.25) is 0 Å². The Morgan fingerprint density at radius 3 is 2.75 bits per heavy atom. The minimum atomic E-state index is 0.584. The summed E-state index contributed by atoms with van der Waals surface area (Å²) >= 11 is 0. The summed E-state index contributed by atoms with van der Waals surface area (Å²) in [5.74, 6) is 0.892. The largest absolute Gasteiger partial charge is 0.398 e. The quantitative estimate of drug-likeness (QED) is 0.770. The molecule has 0 spiro atoms. The molecule has 2 aliphatic rings. The molecule has 1 unspecified atom stereocenters. The van der Waals surface area contributed by atoms with Crippen LogP contribution in [0, 0.1) is 11.3 Å². The number of hydrogen-bond donors (Lipinski definition) is 1. The fourth-order valence-corrected chi connectivity index (χ4v) is 2.84. The van der Waals surface area contributed by atoms with E-state index >= 15 is 0 Å². The number of benzene rings is 1. The third-order valence-electron chi connectivity index (χ3n) is 4.28. The summed E-state index contributed by atoms with van der Waals surface area (Å²) in [7, 11) is 0. The first-order valence-electron chi connectivity index (χ1n) is 6.15. The summed E-state index contributed by atoms with van der Waals surface area (Å²) in [5.41, 5.74) is 10.3. The normalized spacial score (nSPS) is 26.8. The Kier molecular flexibility index (Phi) is 2.05. The molecule has 1 heterocycles. The second-order valence-corrected chi connectivity index (χ2v) is 6.04. The minimum absolute atomic E-state index is 0.584. The number of nitrogen functional groups attached to an aromatic ring is 1. The van der Waals surface area contributed by atoms with Crippen molar-refractivity contribution in [3.8, 4) is 0 Å². The highest BCUT2D eigenvalue weighted by molar-refractivity contribution is 5.52. The molecule has 86 valence electrons. The van der Waals surface area contributed by atoms with Gasteiger partial charge in [0, 0.05) is 25.3 Å². The van der Waals surface area contributed by atoms with Crippen molar-refractivity contribution in [1.82, 2.24) is 4.90 Å². The number of nitrogens with two attached hydrogens (primary N) is 1. The summed E-state index contributed by atoms with van der Waals surface area (Å²) in [6.07, 6.45) is 1.38. The second-order valence-electron chi connectivity index (χ2n) is 6.04. The predicted molar refractivity (Wildman–Crippen MR) is 66.9 cm³/mol. The van der Waals surface area contributed by atoms with Gasteiger partial charge in [0.05, 0.1) is 0 Å². The molecule has 1 fully saturated rings. The van der Waals surface area contributed by atoms with Crippen LogP contribution in [0.5, 0.6) is 0 Å². The zero-order chi connectivity index (χ0) is 11.3. The molecular weight excluding hydrogens is 196 g/mol. The number of nitrogens with zero attached hydrogens (tertiary/aromatic N) is 1. The van der Waals surface area contributed by atoms with Crippen molar-refractivity contribution in [2.75, 3.05) is 12.3 Å². The van der Waals surface area contributed by atoms with Gasteiger partial charge in [0.2, 0.25) is 0 Å². The molecule has 0 saturated heterocycles. The topological polar surface area (TPSA) is 29.3 Å². The molecule has 0 aromatic heterocycles. The third kappa shape index (κ3) is 1.61. The highest BCUT2D eigenvalue weighted by Crippen LogP contribution is 2.52. The maximum atomic E-state index is 6.01. The Morgan fingerprint density at radius 2 is 2.12 bits per heavy atom. The van der Waals surface area contributed by atoms with Crippen LogP contribution in [-0.4, -0.2) is 11.4 Å². The predicted octanol–water partition coefficient (Wildman–Crippen LogP) is 2.63. The smallest absolute Gasteiger partial charge is 0.0363 e. The molecule has 2 nitrogen and oxygen atoms in total. The fraction of sp³-hybridized carbons (Fsp3) is 0.571. The van der Waals surface area contributed by atoms with Gasteiger partial charge >= 0.3 is 0 Å². The van der Waals surface area contributed by atoms with Crippen LogP contribution < -0.4 is 5.73 Å². The van der Waals surface area contributed by atoms with Crippen LogP contribution in [0.25, 0.3) is 0 Å². The van der Waals surface area contributed by atoms with Crippen molar-refractivity contribution in [2.24, 2.45) is 11.3 Å². The molecule has 1 aliphatic heterocycles. The molecule has 1 atom stereocenters. The average molecular weight is 216 g/mol. The van der Waals surface area contributed by atoms with Crippen molar-refractivity contribution in [3.05, 3.63) is 29.3 Å². The van der Waals surface area contributed by atoms with E-state index < -0.39 is 0 Å². The SMILES string of the molecule is CC1(C)CC1CN1Cc2cccc(N)c2C1. The van der Waals surface area contributed by atoms with E-state index in [1.54, 1.807) is 0 Å². The molecule has 0 bridgehead atoms. The molecule has 2 N–H and O–H groups in total. The average Bonchev–Trinajstić information content (AvgIpc) is 2.64. The molecular formula is C14H20N2. The van der Waals surface area contributed by atoms with Crippen molar-refractivity contribution >= 4 is 5.69 Å². The van der Waals surface area contributed by atoms with E-state index in [4.69, 9.17) is 5.73 Å². The van der Waals surface area contributed by atoms with E-state index in [9.17, 15) is 0 Å². The number of rotatable bonds is 2. The van der Waals surface area contributed by atoms with Gasteiger partial charge in [-0.05, 0) is 34.9 Å². The molecule has 16 heavy (non-hydrogen) atoms. The van der Waals surface area contributed by atoms with Crippen LogP contribution in [0.4, 0.5) is 5.69 Å². The number of fused-ring (bicyclic) bond motifs is 1. The van der Waals surface area contributed by atoms with Crippen molar-refractivity contribution in [1.29, 1.82) is 0 Å². The van der Waals surface area contributed by atoms with Gasteiger partial charge in [-0.15, -0.1) is 0 Å². The summed E-state index contributed by atoms with van der Waals surface area (Å²) in [5, 5.41) is 0. The highest BCUT2D eigenvalue weighted by Gasteiger charge is 2.46. The van der Waals surface area contributed by atoms with Gasteiger partial charge in [-0.3, -0.25) is 4.90 Å². The first-order chi connectivity index (χ1) is 7.56. The van der Waals surface area contributed by atoms with Gasteiger partial charge in [0.25, 0.3) is 0 Å². The standard InChI is InChI=1S/C14H20N2/c1-14(2)6-11(14)8-16-7-10-4-3-5-13(15)12(10)9-16/h3-5,11H,6-9,15H2,1-2H3. The highest BCUT2D eigenvalue weighted by atomic mass is 15.1. The molecule has 1 aromatic rings. The number of anilines is 1. The van der Waals surface area contributed by atoms with Gasteiger partial charge in [0.15, 0.2) is 0 Å². The zero-order valence-electron chi connectivity index (χ0n) is 10.2. The lowest BCUT2D eigenvalue weighted by Crippen LogP contribution is -2.20. The lowest BCUT2D eigenvalue weighted by Gasteiger charge is -2.15. The molecule has 1 aliphatic carbocycles. The Bertz CT molecular complexity index is 423. The Balaban J connectivity index is 1.69. The van der Waals surface area contributed by atoms with Crippen LogP contribution in [0.15, 0.2) is 18.2 Å². The van der Waals surface area contributed by atoms with E-state index in [2.05, 4.69) is 30.9 Å². The lowest BCUT2D eigenvalue weighted by molar-refractivity contribution is 0.258. The van der Waals surface area contributed by atoms with Crippen molar-refractivity contribution in [2.45, 2.75) is 33.4 Å². The maximum absolute atomic E-state index is 6.01. The lowest BCUT2D eigenvalue weighted by atomic mass is 10.1. The summed E-state index contributed by atoms with van der Waals surface area (Å²) in [6.45, 7) is 8.12. The monoisotopic (exact) mass is 216 g/mol. The molecule has 3 rings (SSSR count). The Morgan fingerprint density at radius 1 is 1.38 bits per heavy atom. The summed E-state index contributed by atoms with van der Waals surface area (Å²) < 4.78 is 0. The molecule has 2 heteroatoms. The van der Waals surface area contributed by atoms with E-state index in [1.807, 2.05) is 6.07 Å². The molecule has 0 radical (unpaired) electrons. The maximum Gasteiger partial charge on any atom is 0.0363 e. The van der Waals surface area contributed by atoms with Crippen LogP contribution in [-0.2, 0) is 13.1 Å². The molecule has 1 aromatic carbocycles. The van der Waals surface area contributed by atoms with E-state index in [-0.39, 0.29) is 0 Å². The van der Waals surface area contributed by atoms with Gasteiger partial charge in [0.1, 0.15) is 0 Å². The summed E-state index contributed by atoms with van der Waals surface area (Å²) in [4.78, 5) is 2.54. The summed E-state index contributed by atoms with van der Waals surface area (Å²) in [6, 6.07) is 6.30. The second kappa shape index (κ2) is 3.24. The molecule has 0 amide bonds. The first-order valence-corrected chi connectivity index (χ1v) is 6.15. The van der Waals surface area contributed by atoms with Crippen molar-refractivity contribution < 1.29 is 0 Å².